The molecule has 0 radical (unpaired) electrons. The van der Waals surface area contributed by atoms with Gasteiger partial charge in [-0.3, -0.25) is 9.78 Å². The first-order valence-corrected chi connectivity index (χ1v) is 8.33. The summed E-state index contributed by atoms with van der Waals surface area (Å²) in [6.45, 7) is 0. The number of methoxy groups -OCH3 is 1. The molecule has 1 N–H and O–H groups in total. The third-order valence-corrected chi connectivity index (χ3v) is 4.14. The summed E-state index contributed by atoms with van der Waals surface area (Å²) in [4.78, 5) is 29.0. The second-order valence-electron chi connectivity index (χ2n) is 5.98. The van der Waals surface area contributed by atoms with Crippen molar-refractivity contribution >= 4 is 22.8 Å². The Balaban J connectivity index is 1.81. The number of aromatic nitrogens is 1. The number of ether oxygens (including phenoxy) is 1. The number of hydrogen-bond donors (Lipinski definition) is 1. The van der Waals surface area contributed by atoms with Gasteiger partial charge in [0.15, 0.2) is 0 Å². The molecule has 3 aromatic rings. The van der Waals surface area contributed by atoms with E-state index in [9.17, 15) is 9.59 Å². The van der Waals surface area contributed by atoms with Crippen LogP contribution in [0.5, 0.6) is 0 Å². The summed E-state index contributed by atoms with van der Waals surface area (Å²) in [6, 6.07) is 17.3. The summed E-state index contributed by atoms with van der Waals surface area (Å²) in [6.07, 6.45) is 1.69. The molecule has 6 heteroatoms. The van der Waals surface area contributed by atoms with Crippen molar-refractivity contribution < 1.29 is 14.3 Å². The van der Waals surface area contributed by atoms with Crippen molar-refractivity contribution in [3.63, 3.8) is 0 Å². The third kappa shape index (κ3) is 4.28. The van der Waals surface area contributed by atoms with Crippen LogP contribution in [0.1, 0.15) is 21.5 Å². The van der Waals surface area contributed by atoms with E-state index >= 15 is 0 Å². The molecule has 0 aliphatic carbocycles. The van der Waals surface area contributed by atoms with Crippen molar-refractivity contribution in [1.29, 1.82) is 5.26 Å². The summed E-state index contributed by atoms with van der Waals surface area (Å²) in [7, 11) is 1.27. The average molecular weight is 359 g/mol. The van der Waals surface area contributed by atoms with E-state index < -0.39 is 17.9 Å². The molecule has 0 aliphatic heterocycles. The molecule has 0 bridgehead atoms. The highest BCUT2D eigenvalue weighted by Crippen LogP contribution is 2.14. The van der Waals surface area contributed by atoms with Crippen molar-refractivity contribution in [1.82, 2.24) is 10.3 Å². The van der Waals surface area contributed by atoms with Gasteiger partial charge in [-0.1, -0.05) is 30.3 Å². The van der Waals surface area contributed by atoms with Crippen LogP contribution in [-0.2, 0) is 16.0 Å². The topological polar surface area (TPSA) is 92.1 Å². The summed E-state index contributed by atoms with van der Waals surface area (Å²) in [5, 5.41) is 12.5. The minimum Gasteiger partial charge on any atom is -0.467 e. The van der Waals surface area contributed by atoms with Crippen LogP contribution in [0.15, 0.2) is 60.8 Å². The number of rotatable bonds is 5. The molecular weight excluding hydrogens is 342 g/mol. The van der Waals surface area contributed by atoms with Gasteiger partial charge in [-0.2, -0.15) is 5.26 Å². The lowest BCUT2D eigenvalue weighted by Crippen LogP contribution is -2.43. The summed E-state index contributed by atoms with van der Waals surface area (Å²) >= 11 is 0. The first-order chi connectivity index (χ1) is 13.1. The molecule has 0 fully saturated rings. The summed E-state index contributed by atoms with van der Waals surface area (Å²) in [5.41, 5.74) is 2.38. The number of pyridine rings is 1. The Morgan fingerprint density at radius 3 is 2.78 bits per heavy atom. The van der Waals surface area contributed by atoms with Crippen molar-refractivity contribution in [3.8, 4) is 6.07 Å². The minimum atomic E-state index is -0.872. The lowest BCUT2D eigenvalue weighted by atomic mass is 10.0. The van der Waals surface area contributed by atoms with E-state index in [2.05, 4.69) is 16.4 Å². The zero-order valence-electron chi connectivity index (χ0n) is 14.7. The number of fused-ring (bicyclic) bond motifs is 1. The van der Waals surface area contributed by atoms with Gasteiger partial charge in [0.1, 0.15) is 6.04 Å². The normalized spacial score (nSPS) is 11.4. The number of carbonyl (C=O) groups excluding carboxylic acids is 2. The Hall–Kier alpha value is -3.72. The molecule has 27 heavy (non-hydrogen) atoms. The molecule has 0 saturated heterocycles. The predicted octanol–water partition coefficient (Wildman–Crippen LogP) is 2.62. The highest BCUT2D eigenvalue weighted by atomic mass is 16.5. The van der Waals surface area contributed by atoms with Crippen LogP contribution in [0.4, 0.5) is 0 Å². The van der Waals surface area contributed by atoms with Gasteiger partial charge in [-0.15, -0.1) is 0 Å². The highest BCUT2D eigenvalue weighted by Gasteiger charge is 2.23. The summed E-state index contributed by atoms with van der Waals surface area (Å²) in [5.74, 6) is -0.973. The number of esters is 1. The second kappa shape index (κ2) is 8.11. The molecule has 0 unspecified atom stereocenters. The number of nitrogens with zero attached hydrogens (tertiary/aromatic N) is 2. The zero-order valence-corrected chi connectivity index (χ0v) is 14.7. The second-order valence-corrected chi connectivity index (χ2v) is 5.98. The molecule has 6 nitrogen and oxygen atoms in total. The van der Waals surface area contributed by atoms with Crippen LogP contribution < -0.4 is 5.32 Å². The molecule has 3 rings (SSSR count). The van der Waals surface area contributed by atoms with E-state index in [-0.39, 0.29) is 6.42 Å². The molecular formula is C21H17N3O3. The first kappa shape index (κ1) is 18.1. The van der Waals surface area contributed by atoms with E-state index in [1.807, 2.05) is 24.3 Å². The molecule has 1 atom stereocenters. The number of benzene rings is 2. The van der Waals surface area contributed by atoms with Crippen LogP contribution in [0.2, 0.25) is 0 Å². The maximum Gasteiger partial charge on any atom is 0.328 e. The fourth-order valence-electron chi connectivity index (χ4n) is 2.78. The monoisotopic (exact) mass is 359 g/mol. The number of carbonyl (C=O) groups is 2. The number of amides is 1. The number of nitrogens with one attached hydrogen (secondary N) is 1. The van der Waals surface area contributed by atoms with Crippen molar-refractivity contribution in [2.24, 2.45) is 0 Å². The molecule has 0 saturated carbocycles. The van der Waals surface area contributed by atoms with Crippen LogP contribution in [0.3, 0.4) is 0 Å². The smallest absolute Gasteiger partial charge is 0.328 e. The van der Waals surface area contributed by atoms with Gasteiger partial charge in [-0.05, 0) is 29.8 Å². The maximum atomic E-state index is 12.6. The Bertz CT molecular complexity index is 1040. The summed E-state index contributed by atoms with van der Waals surface area (Å²) < 4.78 is 4.81. The van der Waals surface area contributed by atoms with Gasteiger partial charge in [0.2, 0.25) is 0 Å². The van der Waals surface area contributed by atoms with E-state index in [0.717, 1.165) is 16.5 Å². The quantitative estimate of drug-likeness (QED) is 0.707. The van der Waals surface area contributed by atoms with Crippen LogP contribution in [0, 0.1) is 11.3 Å². The number of hydrogen-bond acceptors (Lipinski definition) is 5. The Kier molecular flexibility index (Phi) is 5.43. The molecule has 0 spiro atoms. The van der Waals surface area contributed by atoms with Gasteiger partial charge in [-0.25, -0.2) is 4.79 Å². The number of nitriles is 1. The third-order valence-electron chi connectivity index (χ3n) is 4.14. The van der Waals surface area contributed by atoms with Gasteiger partial charge in [0.05, 0.1) is 29.8 Å². The lowest BCUT2D eigenvalue weighted by molar-refractivity contribution is -0.142. The van der Waals surface area contributed by atoms with E-state index in [1.165, 1.54) is 13.3 Å². The Labute approximate surface area is 156 Å². The van der Waals surface area contributed by atoms with E-state index in [1.54, 1.807) is 30.3 Å². The zero-order chi connectivity index (χ0) is 19.2. The fourth-order valence-corrected chi connectivity index (χ4v) is 2.78. The minimum absolute atomic E-state index is 0.217. The van der Waals surface area contributed by atoms with Gasteiger partial charge in [0, 0.05) is 18.0 Å². The highest BCUT2D eigenvalue weighted by molar-refractivity contribution is 5.99. The molecule has 1 amide bonds. The Morgan fingerprint density at radius 1 is 1.19 bits per heavy atom. The van der Waals surface area contributed by atoms with E-state index in [4.69, 9.17) is 10.00 Å². The van der Waals surface area contributed by atoms with Crippen molar-refractivity contribution in [2.45, 2.75) is 12.5 Å². The van der Waals surface area contributed by atoms with Crippen LogP contribution >= 0.6 is 0 Å². The molecule has 1 aromatic heterocycles. The SMILES string of the molecule is COC(=O)[C@@H](Cc1cccc(C#N)c1)NC(=O)c1cnc2ccccc2c1. The lowest BCUT2D eigenvalue weighted by Gasteiger charge is -2.17. The van der Waals surface area contributed by atoms with Gasteiger partial charge < -0.3 is 10.1 Å². The molecule has 0 aliphatic rings. The van der Waals surface area contributed by atoms with Crippen molar-refractivity contribution in [2.75, 3.05) is 7.11 Å². The Morgan fingerprint density at radius 2 is 2.00 bits per heavy atom. The van der Waals surface area contributed by atoms with E-state index in [0.29, 0.717) is 11.1 Å². The van der Waals surface area contributed by atoms with Crippen LogP contribution in [0.25, 0.3) is 10.9 Å². The fraction of sp³-hybridized carbons (Fsp3) is 0.143. The molecule has 1 heterocycles. The van der Waals surface area contributed by atoms with Crippen molar-refractivity contribution in [3.05, 3.63) is 77.5 Å². The first-order valence-electron chi connectivity index (χ1n) is 8.33. The standard InChI is InChI=1S/C21H17N3O3/c1-27-21(26)19(10-14-5-4-6-15(9-14)12-22)24-20(25)17-11-16-7-2-3-8-18(16)23-13-17/h2-9,11,13,19H,10H2,1H3,(H,24,25)/t19-/m1/s1. The molecule has 134 valence electrons. The largest absolute Gasteiger partial charge is 0.467 e. The molecule has 2 aromatic carbocycles. The number of para-hydroxylation sites is 1. The average Bonchev–Trinajstić information content (AvgIpc) is 2.72. The van der Waals surface area contributed by atoms with Gasteiger partial charge in [0.25, 0.3) is 5.91 Å². The predicted molar refractivity (Wildman–Crippen MR) is 99.9 cm³/mol. The van der Waals surface area contributed by atoms with Gasteiger partial charge >= 0.3 is 5.97 Å². The van der Waals surface area contributed by atoms with Crippen LogP contribution in [-0.4, -0.2) is 30.0 Å². The maximum absolute atomic E-state index is 12.6.